The lowest BCUT2D eigenvalue weighted by molar-refractivity contribution is 0.636. The van der Waals surface area contributed by atoms with Crippen LogP contribution < -0.4 is 0 Å². The van der Waals surface area contributed by atoms with Crippen molar-refractivity contribution in [3.8, 4) is 0 Å². The van der Waals surface area contributed by atoms with Gasteiger partial charge in [0.05, 0.1) is 7.18 Å². The van der Waals surface area contributed by atoms with Crippen molar-refractivity contribution >= 4 is 0 Å². The SMILES string of the molecule is C=C/C(C)=C\C=C(C)C.CF. The largest absolute Gasteiger partial charge is 0.255 e. The fraction of sp³-hybridized carbons (Fsp3) is 0.400. The molecule has 0 unspecified atom stereocenters. The van der Waals surface area contributed by atoms with Crippen LogP contribution in [0.4, 0.5) is 4.39 Å². The quantitative estimate of drug-likeness (QED) is 0.535. The molecule has 0 atom stereocenters. The molecule has 0 rings (SSSR count). The molecule has 64 valence electrons. The first-order chi connectivity index (χ1) is 5.16. The Labute approximate surface area is 69.1 Å². The molecular weight excluding hydrogens is 139 g/mol. The number of rotatable bonds is 2. The van der Waals surface area contributed by atoms with Gasteiger partial charge in [0.2, 0.25) is 0 Å². The second-order valence-electron chi connectivity index (χ2n) is 2.36. The van der Waals surface area contributed by atoms with Crippen molar-refractivity contribution in [2.75, 3.05) is 7.18 Å². The van der Waals surface area contributed by atoms with E-state index in [1.807, 2.05) is 13.0 Å². The predicted octanol–water partition coefficient (Wildman–Crippen LogP) is 3.67. The Kier molecular flexibility index (Phi) is 10.6. The fourth-order valence-electron chi connectivity index (χ4n) is 0.366. The molecule has 0 aliphatic carbocycles. The van der Waals surface area contributed by atoms with Gasteiger partial charge in [0.25, 0.3) is 0 Å². The van der Waals surface area contributed by atoms with Crippen LogP contribution >= 0.6 is 0 Å². The molecular formula is C10H17F. The molecule has 0 aromatic carbocycles. The minimum absolute atomic E-state index is 0.500. The average Bonchev–Trinajstić information content (AvgIpc) is 2.04. The number of alkyl halides is 1. The highest BCUT2D eigenvalue weighted by atomic mass is 19.1. The summed E-state index contributed by atoms with van der Waals surface area (Å²) in [5, 5.41) is 0. The van der Waals surface area contributed by atoms with Gasteiger partial charge in [-0.25, -0.2) is 0 Å². The van der Waals surface area contributed by atoms with Gasteiger partial charge in [-0.15, -0.1) is 0 Å². The normalized spacial score (nSPS) is 9.36. The lowest BCUT2D eigenvalue weighted by atomic mass is 10.2. The fourth-order valence-corrected chi connectivity index (χ4v) is 0.366. The van der Waals surface area contributed by atoms with Crippen molar-refractivity contribution in [2.24, 2.45) is 0 Å². The molecule has 0 aliphatic rings. The van der Waals surface area contributed by atoms with Gasteiger partial charge in [-0.1, -0.05) is 36.0 Å². The van der Waals surface area contributed by atoms with E-state index in [0.717, 1.165) is 0 Å². The number of allylic oxidation sites excluding steroid dienone is 5. The molecule has 11 heavy (non-hydrogen) atoms. The maximum absolute atomic E-state index is 9.50. The van der Waals surface area contributed by atoms with E-state index in [1.165, 1.54) is 11.1 Å². The van der Waals surface area contributed by atoms with Gasteiger partial charge in [0.15, 0.2) is 0 Å². The van der Waals surface area contributed by atoms with Crippen LogP contribution in [0.25, 0.3) is 0 Å². The summed E-state index contributed by atoms with van der Waals surface area (Å²) >= 11 is 0. The lowest BCUT2D eigenvalue weighted by Crippen LogP contribution is -1.64. The van der Waals surface area contributed by atoms with Gasteiger partial charge < -0.3 is 0 Å². The van der Waals surface area contributed by atoms with Crippen molar-refractivity contribution in [3.05, 3.63) is 36.0 Å². The molecule has 0 aromatic rings. The summed E-state index contributed by atoms with van der Waals surface area (Å²) in [5.41, 5.74) is 2.52. The summed E-state index contributed by atoms with van der Waals surface area (Å²) in [7, 11) is 0.500. The summed E-state index contributed by atoms with van der Waals surface area (Å²) in [4.78, 5) is 0. The Balaban J connectivity index is 0. The maximum atomic E-state index is 9.50. The molecule has 0 heterocycles. The molecule has 0 aromatic heterocycles. The Morgan fingerprint density at radius 2 is 1.55 bits per heavy atom. The van der Waals surface area contributed by atoms with Gasteiger partial charge in [0.1, 0.15) is 0 Å². The first kappa shape index (κ1) is 12.8. The van der Waals surface area contributed by atoms with Gasteiger partial charge in [-0.3, -0.25) is 4.39 Å². The Bertz CT molecular complexity index is 148. The van der Waals surface area contributed by atoms with Crippen molar-refractivity contribution in [1.82, 2.24) is 0 Å². The topological polar surface area (TPSA) is 0 Å². The van der Waals surface area contributed by atoms with E-state index >= 15 is 0 Å². The molecule has 0 N–H and O–H groups in total. The minimum Gasteiger partial charge on any atom is -0.255 e. The highest BCUT2D eigenvalue weighted by molar-refractivity contribution is 5.21. The summed E-state index contributed by atoms with van der Waals surface area (Å²) in [5.74, 6) is 0. The van der Waals surface area contributed by atoms with Crippen LogP contribution in [0.3, 0.4) is 0 Å². The Morgan fingerprint density at radius 3 is 1.82 bits per heavy atom. The van der Waals surface area contributed by atoms with Gasteiger partial charge in [-0.2, -0.15) is 0 Å². The molecule has 0 fully saturated rings. The van der Waals surface area contributed by atoms with E-state index in [1.54, 1.807) is 0 Å². The average molecular weight is 156 g/mol. The van der Waals surface area contributed by atoms with Crippen molar-refractivity contribution < 1.29 is 4.39 Å². The van der Waals surface area contributed by atoms with Crippen LogP contribution in [0.2, 0.25) is 0 Å². The van der Waals surface area contributed by atoms with Gasteiger partial charge in [0, 0.05) is 0 Å². The third-order valence-electron chi connectivity index (χ3n) is 1.00. The lowest BCUT2D eigenvalue weighted by Gasteiger charge is -1.86. The predicted molar refractivity (Wildman–Crippen MR) is 50.4 cm³/mol. The van der Waals surface area contributed by atoms with Crippen LogP contribution in [0.15, 0.2) is 36.0 Å². The molecule has 0 radical (unpaired) electrons. The van der Waals surface area contributed by atoms with Crippen LogP contribution in [0.5, 0.6) is 0 Å². The van der Waals surface area contributed by atoms with E-state index < -0.39 is 0 Å². The molecule has 0 saturated heterocycles. The van der Waals surface area contributed by atoms with Gasteiger partial charge in [-0.05, 0) is 20.8 Å². The monoisotopic (exact) mass is 156 g/mol. The van der Waals surface area contributed by atoms with Crippen LogP contribution in [0.1, 0.15) is 20.8 Å². The second-order valence-corrected chi connectivity index (χ2v) is 2.36. The highest BCUT2D eigenvalue weighted by Gasteiger charge is 1.74. The minimum atomic E-state index is 0.500. The molecule has 1 heteroatoms. The van der Waals surface area contributed by atoms with Crippen LogP contribution in [-0.4, -0.2) is 7.18 Å². The molecule has 0 nitrogen and oxygen atoms in total. The summed E-state index contributed by atoms with van der Waals surface area (Å²) < 4.78 is 9.50. The zero-order valence-electron chi connectivity index (χ0n) is 7.82. The van der Waals surface area contributed by atoms with Crippen molar-refractivity contribution in [3.63, 3.8) is 0 Å². The molecule has 0 aliphatic heterocycles. The summed E-state index contributed by atoms with van der Waals surface area (Å²) in [6.45, 7) is 9.83. The van der Waals surface area contributed by atoms with E-state index in [9.17, 15) is 4.39 Å². The summed E-state index contributed by atoms with van der Waals surface area (Å²) in [6.07, 6.45) is 5.98. The zero-order valence-corrected chi connectivity index (χ0v) is 7.82. The second kappa shape index (κ2) is 9.15. The van der Waals surface area contributed by atoms with E-state index in [4.69, 9.17) is 0 Å². The first-order valence-electron chi connectivity index (χ1n) is 3.49. The third kappa shape index (κ3) is 12.4. The molecule has 0 saturated carbocycles. The Hall–Kier alpha value is -0.850. The van der Waals surface area contributed by atoms with Gasteiger partial charge >= 0.3 is 0 Å². The number of hydrogen-bond acceptors (Lipinski definition) is 0. The summed E-state index contributed by atoms with van der Waals surface area (Å²) in [6, 6.07) is 0. The van der Waals surface area contributed by atoms with E-state index in [-0.39, 0.29) is 0 Å². The standard InChI is InChI=1S/C9H14.CH3F/c1-5-9(4)7-6-8(2)3;1-2/h5-7H,1H2,2-4H3;1H3/b9-7-;. The van der Waals surface area contributed by atoms with Crippen molar-refractivity contribution in [2.45, 2.75) is 20.8 Å². The first-order valence-corrected chi connectivity index (χ1v) is 3.49. The Morgan fingerprint density at radius 1 is 1.09 bits per heavy atom. The number of halogens is 1. The van der Waals surface area contributed by atoms with Crippen LogP contribution in [-0.2, 0) is 0 Å². The van der Waals surface area contributed by atoms with Crippen molar-refractivity contribution in [1.29, 1.82) is 0 Å². The zero-order chi connectivity index (χ0) is 9.28. The number of hydrogen-bond donors (Lipinski definition) is 0. The van der Waals surface area contributed by atoms with Crippen LogP contribution in [0, 0.1) is 0 Å². The molecule has 0 spiro atoms. The third-order valence-corrected chi connectivity index (χ3v) is 1.00. The highest BCUT2D eigenvalue weighted by Crippen LogP contribution is 1.96. The van der Waals surface area contributed by atoms with E-state index in [2.05, 4.69) is 32.6 Å². The molecule has 0 amide bonds. The maximum Gasteiger partial charge on any atom is 0.0785 e. The van der Waals surface area contributed by atoms with E-state index in [0.29, 0.717) is 7.18 Å². The molecule has 0 bridgehead atoms. The smallest absolute Gasteiger partial charge is 0.0785 e.